The van der Waals surface area contributed by atoms with E-state index in [9.17, 15) is 9.59 Å². The van der Waals surface area contributed by atoms with Crippen molar-refractivity contribution in [2.75, 3.05) is 11.9 Å². The van der Waals surface area contributed by atoms with Gasteiger partial charge >= 0.3 is 6.03 Å². The molecule has 1 heterocycles. The number of amides is 3. The second kappa shape index (κ2) is 7.69. The maximum absolute atomic E-state index is 11.6. The Morgan fingerprint density at radius 1 is 1.04 bits per heavy atom. The van der Waals surface area contributed by atoms with E-state index in [0.717, 1.165) is 27.7 Å². The van der Waals surface area contributed by atoms with E-state index in [-0.39, 0.29) is 11.9 Å². The Balaban J connectivity index is 1.78. The van der Waals surface area contributed by atoms with Crippen LogP contribution in [0.3, 0.4) is 0 Å². The SMILES string of the molecule is CCNC(=O)Nc1nc2cc(-c3ccc(CNC(C)=O)cc3)ccc2[nH]1. The Morgan fingerprint density at radius 3 is 2.46 bits per heavy atom. The molecule has 7 heteroatoms. The van der Waals surface area contributed by atoms with Gasteiger partial charge in [-0.3, -0.25) is 10.1 Å². The van der Waals surface area contributed by atoms with Crippen LogP contribution in [0.1, 0.15) is 19.4 Å². The molecule has 2 aromatic carbocycles. The van der Waals surface area contributed by atoms with Gasteiger partial charge in [0.15, 0.2) is 0 Å². The van der Waals surface area contributed by atoms with Gasteiger partial charge in [0.05, 0.1) is 11.0 Å². The molecule has 0 bridgehead atoms. The highest BCUT2D eigenvalue weighted by atomic mass is 16.2. The number of nitrogens with zero attached hydrogens (tertiary/aromatic N) is 1. The molecule has 26 heavy (non-hydrogen) atoms. The molecule has 7 nitrogen and oxygen atoms in total. The topological polar surface area (TPSA) is 98.9 Å². The van der Waals surface area contributed by atoms with Gasteiger partial charge in [-0.15, -0.1) is 0 Å². The van der Waals surface area contributed by atoms with Gasteiger partial charge in [-0.05, 0) is 35.7 Å². The van der Waals surface area contributed by atoms with Crippen LogP contribution in [-0.4, -0.2) is 28.5 Å². The smallest absolute Gasteiger partial charge is 0.321 e. The molecule has 0 aliphatic rings. The van der Waals surface area contributed by atoms with Crippen molar-refractivity contribution in [1.82, 2.24) is 20.6 Å². The molecule has 0 atom stereocenters. The van der Waals surface area contributed by atoms with Crippen LogP contribution in [0, 0.1) is 0 Å². The highest BCUT2D eigenvalue weighted by Crippen LogP contribution is 2.24. The second-order valence-corrected chi connectivity index (χ2v) is 5.91. The van der Waals surface area contributed by atoms with Crippen molar-refractivity contribution in [1.29, 1.82) is 0 Å². The molecule has 0 saturated heterocycles. The number of nitrogens with one attached hydrogen (secondary N) is 4. The summed E-state index contributed by atoms with van der Waals surface area (Å²) < 4.78 is 0. The molecule has 0 spiro atoms. The van der Waals surface area contributed by atoms with Crippen molar-refractivity contribution in [3.05, 3.63) is 48.0 Å². The number of urea groups is 1. The minimum Gasteiger partial charge on any atom is -0.352 e. The molecule has 134 valence electrons. The number of aromatic nitrogens is 2. The first-order valence-electron chi connectivity index (χ1n) is 8.43. The number of carbonyl (C=O) groups is 2. The van der Waals surface area contributed by atoms with Crippen molar-refractivity contribution in [2.45, 2.75) is 20.4 Å². The number of anilines is 1. The molecular formula is C19H21N5O2. The normalized spacial score (nSPS) is 10.5. The van der Waals surface area contributed by atoms with E-state index in [1.807, 2.05) is 49.4 Å². The Morgan fingerprint density at radius 2 is 1.77 bits per heavy atom. The van der Waals surface area contributed by atoms with E-state index in [2.05, 4.69) is 25.9 Å². The lowest BCUT2D eigenvalue weighted by Crippen LogP contribution is -2.28. The summed E-state index contributed by atoms with van der Waals surface area (Å²) in [5.41, 5.74) is 4.75. The lowest BCUT2D eigenvalue weighted by atomic mass is 10.0. The molecule has 4 N–H and O–H groups in total. The molecule has 3 rings (SSSR count). The third kappa shape index (κ3) is 4.18. The van der Waals surface area contributed by atoms with Crippen LogP contribution in [0.25, 0.3) is 22.2 Å². The fourth-order valence-corrected chi connectivity index (χ4v) is 2.60. The van der Waals surface area contributed by atoms with E-state index in [4.69, 9.17) is 0 Å². The zero-order chi connectivity index (χ0) is 18.5. The predicted molar refractivity (Wildman–Crippen MR) is 102 cm³/mol. The summed E-state index contributed by atoms with van der Waals surface area (Å²) in [6.07, 6.45) is 0. The third-order valence-electron chi connectivity index (χ3n) is 3.88. The fourth-order valence-electron chi connectivity index (χ4n) is 2.60. The monoisotopic (exact) mass is 351 g/mol. The van der Waals surface area contributed by atoms with E-state index in [1.165, 1.54) is 6.92 Å². The molecule has 0 radical (unpaired) electrons. The highest BCUT2D eigenvalue weighted by molar-refractivity contribution is 5.90. The van der Waals surface area contributed by atoms with Gasteiger partial charge in [-0.25, -0.2) is 9.78 Å². The largest absolute Gasteiger partial charge is 0.352 e. The summed E-state index contributed by atoms with van der Waals surface area (Å²) in [4.78, 5) is 30.1. The van der Waals surface area contributed by atoms with Crippen LogP contribution in [-0.2, 0) is 11.3 Å². The van der Waals surface area contributed by atoms with Gasteiger partial charge in [-0.2, -0.15) is 0 Å². The Hall–Kier alpha value is -3.35. The molecular weight excluding hydrogens is 330 g/mol. The standard InChI is InChI=1S/C19H21N5O2/c1-3-20-19(26)24-18-22-16-9-8-15(10-17(16)23-18)14-6-4-13(5-7-14)11-21-12(2)25/h4-10H,3,11H2,1-2H3,(H,21,25)(H3,20,22,23,24,26). The summed E-state index contributed by atoms with van der Waals surface area (Å²) in [6.45, 7) is 4.42. The first-order chi connectivity index (χ1) is 12.5. The number of hydrogen-bond donors (Lipinski definition) is 4. The summed E-state index contributed by atoms with van der Waals surface area (Å²) in [7, 11) is 0. The third-order valence-corrected chi connectivity index (χ3v) is 3.88. The van der Waals surface area contributed by atoms with Crippen LogP contribution in [0.15, 0.2) is 42.5 Å². The number of fused-ring (bicyclic) bond motifs is 1. The average molecular weight is 351 g/mol. The molecule has 3 amide bonds. The van der Waals surface area contributed by atoms with Crippen molar-refractivity contribution in [3.63, 3.8) is 0 Å². The number of carbonyl (C=O) groups excluding carboxylic acids is 2. The van der Waals surface area contributed by atoms with Crippen molar-refractivity contribution < 1.29 is 9.59 Å². The van der Waals surface area contributed by atoms with Gasteiger partial charge in [0.25, 0.3) is 0 Å². The molecule has 1 aromatic heterocycles. The zero-order valence-electron chi connectivity index (χ0n) is 14.7. The maximum Gasteiger partial charge on any atom is 0.321 e. The van der Waals surface area contributed by atoms with E-state index in [1.54, 1.807) is 0 Å². The van der Waals surface area contributed by atoms with Crippen molar-refractivity contribution >= 4 is 28.9 Å². The number of aromatic amines is 1. The van der Waals surface area contributed by atoms with Crippen LogP contribution < -0.4 is 16.0 Å². The van der Waals surface area contributed by atoms with E-state index in [0.29, 0.717) is 19.0 Å². The minimum atomic E-state index is -0.290. The number of benzene rings is 2. The highest BCUT2D eigenvalue weighted by Gasteiger charge is 2.07. The first kappa shape index (κ1) is 17.5. The van der Waals surface area contributed by atoms with Crippen LogP contribution in [0.2, 0.25) is 0 Å². The molecule has 0 aliphatic carbocycles. The quantitative estimate of drug-likeness (QED) is 0.568. The fraction of sp³-hybridized carbons (Fsp3) is 0.211. The maximum atomic E-state index is 11.6. The summed E-state index contributed by atoms with van der Waals surface area (Å²) in [5, 5.41) is 8.11. The zero-order valence-corrected chi connectivity index (χ0v) is 14.7. The Labute approximate surface area is 151 Å². The van der Waals surface area contributed by atoms with Gasteiger partial charge in [-0.1, -0.05) is 30.3 Å². The van der Waals surface area contributed by atoms with Crippen LogP contribution in [0.5, 0.6) is 0 Å². The summed E-state index contributed by atoms with van der Waals surface area (Å²) in [6, 6.07) is 13.6. The summed E-state index contributed by atoms with van der Waals surface area (Å²) >= 11 is 0. The number of rotatable bonds is 5. The van der Waals surface area contributed by atoms with E-state index < -0.39 is 0 Å². The molecule has 0 saturated carbocycles. The van der Waals surface area contributed by atoms with Gasteiger partial charge in [0.1, 0.15) is 0 Å². The lowest BCUT2D eigenvalue weighted by Gasteiger charge is -2.05. The van der Waals surface area contributed by atoms with Gasteiger partial charge in [0, 0.05) is 20.0 Å². The predicted octanol–water partition coefficient (Wildman–Crippen LogP) is 3.01. The lowest BCUT2D eigenvalue weighted by molar-refractivity contribution is -0.119. The second-order valence-electron chi connectivity index (χ2n) is 5.91. The van der Waals surface area contributed by atoms with Gasteiger partial charge < -0.3 is 15.6 Å². The first-order valence-corrected chi connectivity index (χ1v) is 8.43. The Kier molecular flexibility index (Phi) is 5.17. The molecule has 0 fully saturated rings. The Bertz CT molecular complexity index is 931. The van der Waals surface area contributed by atoms with Crippen molar-refractivity contribution in [3.8, 4) is 11.1 Å². The van der Waals surface area contributed by atoms with Crippen LogP contribution >= 0.6 is 0 Å². The number of hydrogen-bond acceptors (Lipinski definition) is 3. The molecule has 0 aliphatic heterocycles. The number of H-pyrrole nitrogens is 1. The van der Waals surface area contributed by atoms with Crippen LogP contribution in [0.4, 0.5) is 10.7 Å². The van der Waals surface area contributed by atoms with Crippen molar-refractivity contribution in [2.24, 2.45) is 0 Å². The minimum absolute atomic E-state index is 0.0462. The summed E-state index contributed by atoms with van der Waals surface area (Å²) in [5.74, 6) is 0.365. The van der Waals surface area contributed by atoms with Gasteiger partial charge in [0.2, 0.25) is 11.9 Å². The molecule has 0 unspecified atom stereocenters. The molecule has 3 aromatic rings. The number of imidazole rings is 1. The average Bonchev–Trinajstić information content (AvgIpc) is 3.01. The van der Waals surface area contributed by atoms with E-state index >= 15 is 0 Å².